The Hall–Kier alpha value is -4.22. The molecule has 5 heteroatoms. The molecule has 4 nitrogen and oxygen atoms in total. The number of para-hydroxylation sites is 2. The number of carboxylic acids is 1. The van der Waals surface area contributed by atoms with Crippen molar-refractivity contribution in [3.8, 4) is 11.1 Å². The van der Waals surface area contributed by atoms with E-state index in [9.17, 15) is 9.90 Å². The molecule has 1 aromatic heterocycles. The molecule has 0 spiro atoms. The summed E-state index contributed by atoms with van der Waals surface area (Å²) < 4.78 is 2.95. The first-order chi connectivity index (χ1) is 20.4. The maximum atomic E-state index is 11.5. The SMILES string of the molecule is CC12CCCCC1(C)N(c1ccccc1)c1ccc(-c3ccc(/C=C/c4sc5ccccc5[n+]4CC(=O)O)cc3)cc12. The van der Waals surface area contributed by atoms with Crippen LogP contribution in [0.5, 0.6) is 0 Å². The van der Waals surface area contributed by atoms with Crippen LogP contribution >= 0.6 is 11.3 Å². The molecule has 2 atom stereocenters. The van der Waals surface area contributed by atoms with Gasteiger partial charge < -0.3 is 10.0 Å². The number of aliphatic carboxylic acids is 1. The van der Waals surface area contributed by atoms with E-state index in [1.54, 1.807) is 11.3 Å². The predicted octanol–water partition coefficient (Wildman–Crippen LogP) is 8.85. The number of aromatic nitrogens is 1. The number of hydrogen-bond acceptors (Lipinski definition) is 3. The van der Waals surface area contributed by atoms with E-state index in [0.717, 1.165) is 20.8 Å². The molecule has 1 aliphatic heterocycles. The van der Waals surface area contributed by atoms with E-state index in [1.807, 2.05) is 34.9 Å². The minimum atomic E-state index is -0.841. The number of hydrogen-bond donors (Lipinski definition) is 1. The van der Waals surface area contributed by atoms with E-state index in [-0.39, 0.29) is 17.5 Å². The molecule has 7 rings (SSSR count). The zero-order valence-electron chi connectivity index (χ0n) is 24.1. The van der Waals surface area contributed by atoms with Gasteiger partial charge in [-0.3, -0.25) is 0 Å². The lowest BCUT2D eigenvalue weighted by Gasteiger charge is -2.50. The first-order valence-corrected chi connectivity index (χ1v) is 15.6. The van der Waals surface area contributed by atoms with Crippen molar-refractivity contribution in [3.05, 3.63) is 113 Å². The minimum absolute atomic E-state index is 0.0479. The second-order valence-corrected chi connectivity index (χ2v) is 13.1. The van der Waals surface area contributed by atoms with Crippen molar-refractivity contribution >= 4 is 51.0 Å². The van der Waals surface area contributed by atoms with Crippen LogP contribution in [0.1, 0.15) is 55.7 Å². The lowest BCUT2D eigenvalue weighted by atomic mass is 9.61. The Labute approximate surface area is 251 Å². The molecule has 2 aliphatic rings. The number of anilines is 2. The average molecular weight is 572 g/mol. The fraction of sp³-hybridized carbons (Fsp3) is 0.243. The van der Waals surface area contributed by atoms with E-state index in [1.165, 1.54) is 53.7 Å². The first-order valence-electron chi connectivity index (χ1n) is 14.8. The van der Waals surface area contributed by atoms with Gasteiger partial charge in [0.1, 0.15) is 4.70 Å². The van der Waals surface area contributed by atoms with E-state index < -0.39 is 5.97 Å². The Balaban J connectivity index is 1.21. The van der Waals surface area contributed by atoms with E-state index in [0.29, 0.717) is 0 Å². The monoisotopic (exact) mass is 571 g/mol. The Morgan fingerprint density at radius 1 is 0.881 bits per heavy atom. The van der Waals surface area contributed by atoms with Crippen molar-refractivity contribution in [2.24, 2.45) is 0 Å². The highest BCUT2D eigenvalue weighted by Crippen LogP contribution is 2.61. The van der Waals surface area contributed by atoms with E-state index in [4.69, 9.17) is 0 Å². The molecule has 2 unspecified atom stereocenters. The molecule has 1 N–H and O–H groups in total. The maximum Gasteiger partial charge on any atom is 0.370 e. The van der Waals surface area contributed by atoms with Gasteiger partial charge in [-0.2, -0.15) is 4.57 Å². The number of rotatable bonds is 6. The third-order valence-electron chi connectivity index (χ3n) is 9.71. The Morgan fingerprint density at radius 3 is 2.38 bits per heavy atom. The van der Waals surface area contributed by atoms with Crippen molar-refractivity contribution in [2.75, 3.05) is 4.90 Å². The quantitative estimate of drug-likeness (QED) is 0.207. The van der Waals surface area contributed by atoms with Gasteiger partial charge in [0, 0.05) is 28.9 Å². The predicted molar refractivity (Wildman–Crippen MR) is 173 cm³/mol. The van der Waals surface area contributed by atoms with Gasteiger partial charge >= 0.3 is 5.97 Å². The van der Waals surface area contributed by atoms with Crippen LogP contribution in [0.15, 0.2) is 97.1 Å². The molecule has 42 heavy (non-hydrogen) atoms. The summed E-state index contributed by atoms with van der Waals surface area (Å²) in [5.41, 5.74) is 8.70. The molecule has 0 saturated heterocycles. The number of nitrogens with zero attached hydrogens (tertiary/aromatic N) is 2. The van der Waals surface area contributed by atoms with Crippen LogP contribution in [0.25, 0.3) is 33.5 Å². The first kappa shape index (κ1) is 26.7. The van der Waals surface area contributed by atoms with Crippen LogP contribution in [0.2, 0.25) is 0 Å². The van der Waals surface area contributed by atoms with Gasteiger partial charge in [0.05, 0.1) is 5.54 Å². The van der Waals surface area contributed by atoms with Crippen molar-refractivity contribution < 1.29 is 14.5 Å². The number of fused-ring (bicyclic) bond motifs is 4. The second kappa shape index (κ2) is 10.2. The third kappa shape index (κ3) is 4.26. The minimum Gasteiger partial charge on any atom is -0.477 e. The maximum absolute atomic E-state index is 11.5. The van der Waals surface area contributed by atoms with Crippen molar-refractivity contribution in [3.63, 3.8) is 0 Å². The van der Waals surface area contributed by atoms with Gasteiger partial charge in [-0.05, 0) is 78.4 Å². The van der Waals surface area contributed by atoms with Crippen LogP contribution in [0.3, 0.4) is 0 Å². The summed E-state index contributed by atoms with van der Waals surface area (Å²) in [4.78, 5) is 14.2. The molecule has 4 aromatic carbocycles. The highest BCUT2D eigenvalue weighted by molar-refractivity contribution is 7.18. The molecule has 210 valence electrons. The lowest BCUT2D eigenvalue weighted by molar-refractivity contribution is -0.657. The summed E-state index contributed by atoms with van der Waals surface area (Å²) in [5, 5.41) is 10.4. The molecule has 0 amide bonds. The molecule has 5 aromatic rings. The third-order valence-corrected chi connectivity index (χ3v) is 10.8. The Morgan fingerprint density at radius 2 is 1.60 bits per heavy atom. The highest BCUT2D eigenvalue weighted by Gasteiger charge is 2.57. The van der Waals surface area contributed by atoms with Gasteiger partial charge in [0.2, 0.25) is 12.1 Å². The van der Waals surface area contributed by atoms with Crippen LogP contribution < -0.4 is 9.47 Å². The van der Waals surface area contributed by atoms with Gasteiger partial charge in [-0.15, -0.1) is 0 Å². The van der Waals surface area contributed by atoms with Crippen molar-refractivity contribution in [1.82, 2.24) is 0 Å². The largest absolute Gasteiger partial charge is 0.477 e. The van der Waals surface area contributed by atoms with Crippen molar-refractivity contribution in [2.45, 2.75) is 57.0 Å². The molecule has 0 radical (unpaired) electrons. The summed E-state index contributed by atoms with van der Waals surface area (Å²) in [7, 11) is 0. The molecule has 0 bridgehead atoms. The average Bonchev–Trinajstić information content (AvgIpc) is 3.45. The van der Waals surface area contributed by atoms with Crippen LogP contribution in [0.4, 0.5) is 11.4 Å². The smallest absolute Gasteiger partial charge is 0.370 e. The number of carbonyl (C=O) groups is 1. The summed E-state index contributed by atoms with van der Waals surface area (Å²) in [6.45, 7) is 4.90. The summed E-state index contributed by atoms with van der Waals surface area (Å²) in [6.07, 6.45) is 9.03. The Kier molecular flexibility index (Phi) is 6.51. The number of thiazole rings is 1. The Bertz CT molecular complexity index is 1820. The standard InChI is InChI=1S/C37H34N2O2S/c1-36-22-8-9-23-37(36,2)39(29-10-4-3-5-11-29)31-20-19-28(24-30(31)36)27-17-14-26(15-18-27)16-21-34-38(25-35(40)41)32-12-6-7-13-33(32)42-34/h3-7,10-21,24H,8-9,22-23,25H2,1-2H3/p+1. The van der Waals surface area contributed by atoms with Crippen LogP contribution in [-0.4, -0.2) is 16.6 Å². The van der Waals surface area contributed by atoms with Gasteiger partial charge in [0.15, 0.2) is 0 Å². The van der Waals surface area contributed by atoms with E-state index in [2.05, 4.69) is 97.6 Å². The number of carboxylic acid groups (broad SMARTS) is 1. The molecule has 1 aliphatic carbocycles. The van der Waals surface area contributed by atoms with Gasteiger partial charge in [0.25, 0.3) is 5.01 Å². The fourth-order valence-corrected chi connectivity index (χ4v) is 8.39. The molecular formula is C37H35N2O2S+. The normalized spacial score (nSPS) is 21.5. The number of benzene rings is 4. The zero-order valence-corrected chi connectivity index (χ0v) is 24.9. The zero-order chi connectivity index (χ0) is 28.9. The molecule has 1 fully saturated rings. The van der Waals surface area contributed by atoms with Crippen molar-refractivity contribution in [1.29, 1.82) is 0 Å². The summed E-state index contributed by atoms with van der Waals surface area (Å²) in [6, 6.07) is 34.6. The fourth-order valence-electron chi connectivity index (χ4n) is 7.33. The van der Waals surface area contributed by atoms with Crippen LogP contribution in [0, 0.1) is 0 Å². The van der Waals surface area contributed by atoms with Gasteiger partial charge in [-0.25, -0.2) is 4.79 Å². The lowest BCUT2D eigenvalue weighted by Crippen LogP contribution is -2.54. The molecular weight excluding hydrogens is 536 g/mol. The summed E-state index contributed by atoms with van der Waals surface area (Å²) in [5.74, 6) is -0.841. The molecule has 2 heterocycles. The second-order valence-electron chi connectivity index (χ2n) is 12.1. The highest BCUT2D eigenvalue weighted by atomic mass is 32.1. The van der Waals surface area contributed by atoms with Crippen LogP contribution in [-0.2, 0) is 16.8 Å². The van der Waals surface area contributed by atoms with Gasteiger partial charge in [-0.1, -0.05) is 91.8 Å². The van der Waals surface area contributed by atoms with E-state index >= 15 is 0 Å². The topological polar surface area (TPSA) is 44.4 Å². The molecule has 1 saturated carbocycles. The summed E-state index contributed by atoms with van der Waals surface area (Å²) >= 11 is 1.61.